The first-order valence-electron chi connectivity index (χ1n) is 6.08. The minimum atomic E-state index is -0.398. The number of nitrogens with zero attached hydrogens (tertiary/aromatic N) is 2. The average Bonchev–Trinajstić information content (AvgIpc) is 3.00. The number of rotatable bonds is 3. The zero-order valence-corrected chi connectivity index (χ0v) is 12.2. The van der Waals surface area contributed by atoms with Gasteiger partial charge in [-0.25, -0.2) is 9.78 Å². The second-order valence-electron chi connectivity index (χ2n) is 4.13. The number of carbonyl (C=O) groups is 1. The summed E-state index contributed by atoms with van der Waals surface area (Å²) >= 11 is 7.37. The van der Waals surface area contributed by atoms with Crippen molar-refractivity contribution < 1.29 is 9.53 Å². The lowest BCUT2D eigenvalue weighted by Crippen LogP contribution is -2.04. The molecule has 0 saturated carbocycles. The van der Waals surface area contributed by atoms with Crippen LogP contribution in [-0.2, 0) is 4.74 Å². The predicted octanol–water partition coefficient (Wildman–Crippen LogP) is 3.89. The van der Waals surface area contributed by atoms with Crippen molar-refractivity contribution in [2.24, 2.45) is 0 Å². The summed E-state index contributed by atoms with van der Waals surface area (Å²) in [5.41, 5.74) is 2.33. The number of imidazole rings is 1. The molecule has 0 saturated heterocycles. The summed E-state index contributed by atoms with van der Waals surface area (Å²) in [6.45, 7) is 2.11. The standard InChI is InChI=1S/C14H11ClN2O2S/c1-2-19-13(18)11-7-17-12(8-20-14(17)16-11)9-3-5-10(15)6-4-9/h3-8H,2H2,1H3. The van der Waals surface area contributed by atoms with E-state index in [-0.39, 0.29) is 0 Å². The molecule has 0 atom stereocenters. The Morgan fingerprint density at radius 1 is 1.40 bits per heavy atom. The van der Waals surface area contributed by atoms with Gasteiger partial charge in [-0.3, -0.25) is 4.40 Å². The van der Waals surface area contributed by atoms with Crippen molar-refractivity contribution in [2.45, 2.75) is 6.92 Å². The van der Waals surface area contributed by atoms with Crippen molar-refractivity contribution in [1.29, 1.82) is 0 Å². The quantitative estimate of drug-likeness (QED) is 0.689. The molecule has 6 heteroatoms. The Bertz CT molecular complexity index is 761. The first-order valence-corrected chi connectivity index (χ1v) is 7.34. The van der Waals surface area contributed by atoms with Crippen molar-refractivity contribution in [2.75, 3.05) is 6.61 Å². The van der Waals surface area contributed by atoms with Crippen molar-refractivity contribution >= 4 is 33.9 Å². The van der Waals surface area contributed by atoms with Crippen LogP contribution in [0.2, 0.25) is 5.02 Å². The van der Waals surface area contributed by atoms with Gasteiger partial charge in [0.25, 0.3) is 0 Å². The number of fused-ring (bicyclic) bond motifs is 1. The molecule has 1 aromatic carbocycles. The van der Waals surface area contributed by atoms with E-state index in [4.69, 9.17) is 16.3 Å². The van der Waals surface area contributed by atoms with Gasteiger partial charge in [-0.15, -0.1) is 11.3 Å². The van der Waals surface area contributed by atoms with Crippen LogP contribution in [0.3, 0.4) is 0 Å². The number of hydrogen-bond acceptors (Lipinski definition) is 4. The van der Waals surface area contributed by atoms with Gasteiger partial charge >= 0.3 is 5.97 Å². The predicted molar refractivity (Wildman–Crippen MR) is 79.5 cm³/mol. The minimum absolute atomic E-state index is 0.328. The largest absolute Gasteiger partial charge is 0.461 e. The van der Waals surface area contributed by atoms with Gasteiger partial charge < -0.3 is 4.74 Å². The topological polar surface area (TPSA) is 43.6 Å². The number of benzene rings is 1. The van der Waals surface area contributed by atoms with Crippen LogP contribution >= 0.6 is 22.9 Å². The fourth-order valence-electron chi connectivity index (χ4n) is 1.92. The molecule has 0 aliphatic heterocycles. The van der Waals surface area contributed by atoms with Crippen LogP contribution in [-0.4, -0.2) is 22.0 Å². The normalized spacial score (nSPS) is 10.9. The molecule has 20 heavy (non-hydrogen) atoms. The lowest BCUT2D eigenvalue weighted by atomic mass is 10.2. The Hall–Kier alpha value is -1.85. The first kappa shape index (κ1) is 13.1. The fourth-order valence-corrected chi connectivity index (χ4v) is 2.92. The maximum absolute atomic E-state index is 11.7. The third-order valence-corrected chi connectivity index (χ3v) is 3.93. The Morgan fingerprint density at radius 3 is 2.85 bits per heavy atom. The van der Waals surface area contributed by atoms with Gasteiger partial charge in [0.2, 0.25) is 0 Å². The number of thiazole rings is 1. The highest BCUT2D eigenvalue weighted by atomic mass is 35.5. The highest BCUT2D eigenvalue weighted by Crippen LogP contribution is 2.27. The third kappa shape index (κ3) is 2.30. The number of aromatic nitrogens is 2. The summed E-state index contributed by atoms with van der Waals surface area (Å²) in [7, 11) is 0. The van der Waals surface area contributed by atoms with Crippen LogP contribution in [0.15, 0.2) is 35.8 Å². The molecule has 4 nitrogen and oxygen atoms in total. The zero-order valence-electron chi connectivity index (χ0n) is 10.7. The number of carbonyl (C=O) groups excluding carboxylic acids is 1. The molecule has 0 aliphatic carbocycles. The van der Waals surface area contributed by atoms with E-state index >= 15 is 0 Å². The molecule has 0 aliphatic rings. The molecular formula is C14H11ClN2O2S. The number of ether oxygens (including phenoxy) is 1. The molecule has 0 N–H and O–H groups in total. The summed E-state index contributed by atoms with van der Waals surface area (Å²) in [6, 6.07) is 7.55. The molecule has 0 radical (unpaired) electrons. The van der Waals surface area contributed by atoms with Gasteiger partial charge in [-0.05, 0) is 24.6 Å². The van der Waals surface area contributed by atoms with Crippen molar-refractivity contribution in [1.82, 2.24) is 9.38 Å². The molecule has 0 spiro atoms. The van der Waals surface area contributed by atoms with Gasteiger partial charge in [0.05, 0.1) is 12.3 Å². The van der Waals surface area contributed by atoms with Crippen LogP contribution in [0.25, 0.3) is 16.2 Å². The van der Waals surface area contributed by atoms with Crippen LogP contribution in [0.5, 0.6) is 0 Å². The van der Waals surface area contributed by atoms with E-state index in [1.54, 1.807) is 13.1 Å². The van der Waals surface area contributed by atoms with Crippen LogP contribution < -0.4 is 0 Å². The van der Waals surface area contributed by atoms with E-state index in [9.17, 15) is 4.79 Å². The Kier molecular flexibility index (Phi) is 3.46. The van der Waals surface area contributed by atoms with E-state index in [1.807, 2.05) is 34.0 Å². The molecule has 2 aromatic heterocycles. The minimum Gasteiger partial charge on any atom is -0.461 e. The molecule has 0 amide bonds. The van der Waals surface area contributed by atoms with Crippen LogP contribution in [0, 0.1) is 0 Å². The van der Waals surface area contributed by atoms with Gasteiger partial charge in [0.15, 0.2) is 10.7 Å². The second-order valence-corrected chi connectivity index (χ2v) is 5.40. The maximum atomic E-state index is 11.7. The van der Waals surface area contributed by atoms with Crippen LogP contribution in [0.1, 0.15) is 17.4 Å². The Morgan fingerprint density at radius 2 is 2.15 bits per heavy atom. The van der Waals surface area contributed by atoms with Gasteiger partial charge in [-0.1, -0.05) is 23.7 Å². The zero-order chi connectivity index (χ0) is 14.1. The summed E-state index contributed by atoms with van der Waals surface area (Å²) in [6.07, 6.45) is 1.70. The van der Waals surface area contributed by atoms with Gasteiger partial charge in [0, 0.05) is 16.6 Å². The number of esters is 1. The highest BCUT2D eigenvalue weighted by Gasteiger charge is 2.15. The third-order valence-electron chi connectivity index (χ3n) is 2.83. The molecule has 3 aromatic rings. The maximum Gasteiger partial charge on any atom is 0.358 e. The van der Waals surface area contributed by atoms with Crippen molar-refractivity contribution in [3.8, 4) is 11.3 Å². The van der Waals surface area contributed by atoms with E-state index < -0.39 is 5.97 Å². The smallest absolute Gasteiger partial charge is 0.358 e. The Labute approximate surface area is 124 Å². The SMILES string of the molecule is CCOC(=O)c1cn2c(-c3ccc(Cl)cc3)csc2n1. The first-order chi connectivity index (χ1) is 9.69. The van der Waals surface area contributed by atoms with Gasteiger partial charge in [0.1, 0.15) is 0 Å². The van der Waals surface area contributed by atoms with Gasteiger partial charge in [-0.2, -0.15) is 0 Å². The fraction of sp³-hybridized carbons (Fsp3) is 0.143. The molecule has 0 bridgehead atoms. The summed E-state index contributed by atoms with van der Waals surface area (Å²) in [5.74, 6) is -0.398. The lowest BCUT2D eigenvalue weighted by Gasteiger charge is -1.99. The summed E-state index contributed by atoms with van der Waals surface area (Å²) in [4.78, 5) is 16.7. The van der Waals surface area contributed by atoms with E-state index in [0.717, 1.165) is 16.2 Å². The van der Waals surface area contributed by atoms with E-state index in [0.29, 0.717) is 17.3 Å². The summed E-state index contributed by atoms with van der Waals surface area (Å²) < 4.78 is 6.85. The van der Waals surface area contributed by atoms with Crippen molar-refractivity contribution in [3.05, 3.63) is 46.6 Å². The van der Waals surface area contributed by atoms with E-state index in [2.05, 4.69) is 4.98 Å². The highest BCUT2D eigenvalue weighted by molar-refractivity contribution is 7.15. The molecular weight excluding hydrogens is 296 g/mol. The van der Waals surface area contributed by atoms with Crippen LogP contribution in [0.4, 0.5) is 0 Å². The molecule has 0 fully saturated rings. The number of hydrogen-bond donors (Lipinski definition) is 0. The lowest BCUT2D eigenvalue weighted by molar-refractivity contribution is 0.0520. The molecule has 0 unspecified atom stereocenters. The molecule has 3 rings (SSSR count). The Balaban J connectivity index is 2.04. The van der Waals surface area contributed by atoms with Crippen molar-refractivity contribution in [3.63, 3.8) is 0 Å². The van der Waals surface area contributed by atoms with E-state index in [1.165, 1.54) is 11.3 Å². The molecule has 2 heterocycles. The summed E-state index contributed by atoms with van der Waals surface area (Å²) in [5, 5.41) is 2.69. The average molecular weight is 307 g/mol. The second kappa shape index (κ2) is 5.26. The number of halogens is 1. The monoisotopic (exact) mass is 306 g/mol. The molecule has 102 valence electrons.